The zero-order valence-corrected chi connectivity index (χ0v) is 15.3. The predicted molar refractivity (Wildman–Crippen MR) is 98.2 cm³/mol. The van der Waals surface area contributed by atoms with Gasteiger partial charge in [-0.2, -0.15) is 0 Å². The Morgan fingerprint density at radius 3 is 2.16 bits per heavy atom. The van der Waals surface area contributed by atoms with E-state index in [1.54, 1.807) is 13.0 Å². The summed E-state index contributed by atoms with van der Waals surface area (Å²) in [5.74, 6) is -0.378. The summed E-state index contributed by atoms with van der Waals surface area (Å²) in [6.45, 7) is 9.47. The fraction of sp³-hybridized carbons (Fsp3) is 0.400. The first-order valence-electron chi connectivity index (χ1n) is 8.55. The lowest BCUT2D eigenvalue weighted by atomic mass is 9.78. The smallest absolute Gasteiger partial charge is 0.399 e. The van der Waals surface area contributed by atoms with Gasteiger partial charge in [0.15, 0.2) is 0 Å². The second-order valence-electron chi connectivity index (χ2n) is 7.59. The van der Waals surface area contributed by atoms with Crippen LogP contribution in [0.1, 0.15) is 46.3 Å². The second-order valence-corrected chi connectivity index (χ2v) is 7.59. The van der Waals surface area contributed by atoms with Crippen LogP contribution in [0.25, 0.3) is 11.1 Å². The van der Waals surface area contributed by atoms with Crippen molar-refractivity contribution >= 4 is 12.6 Å². The van der Waals surface area contributed by atoms with Crippen LogP contribution in [0, 0.1) is 5.82 Å². The van der Waals surface area contributed by atoms with Gasteiger partial charge < -0.3 is 14.4 Å². The Labute approximate surface area is 148 Å². The van der Waals surface area contributed by atoms with Crippen molar-refractivity contribution in [3.8, 4) is 11.1 Å². The average molecular weight is 342 g/mol. The van der Waals surface area contributed by atoms with Gasteiger partial charge in [0, 0.05) is 5.46 Å². The second kappa shape index (κ2) is 6.24. The van der Waals surface area contributed by atoms with Crippen LogP contribution in [-0.2, 0) is 9.31 Å². The number of hydrogen-bond donors (Lipinski definition) is 1. The van der Waals surface area contributed by atoms with Gasteiger partial charge in [-0.3, -0.25) is 0 Å². The lowest BCUT2D eigenvalue weighted by Crippen LogP contribution is -2.41. The van der Waals surface area contributed by atoms with Crippen molar-refractivity contribution in [2.45, 2.75) is 51.9 Å². The van der Waals surface area contributed by atoms with Gasteiger partial charge in [-0.1, -0.05) is 36.4 Å². The molecular formula is C20H24BFO3. The summed E-state index contributed by atoms with van der Waals surface area (Å²) in [6.07, 6.45) is -0.623. The van der Waals surface area contributed by atoms with Crippen molar-refractivity contribution in [1.82, 2.24) is 0 Å². The van der Waals surface area contributed by atoms with Crippen LogP contribution >= 0.6 is 0 Å². The minimum atomic E-state index is -0.731. The molecule has 1 fully saturated rings. The lowest BCUT2D eigenvalue weighted by Gasteiger charge is -2.32. The minimum Gasteiger partial charge on any atom is -0.399 e. The third kappa shape index (κ3) is 3.24. The molecule has 132 valence electrons. The molecule has 1 atom stereocenters. The van der Waals surface area contributed by atoms with E-state index in [1.807, 2.05) is 58.0 Å². The van der Waals surface area contributed by atoms with E-state index in [2.05, 4.69) is 0 Å². The van der Waals surface area contributed by atoms with Crippen LogP contribution < -0.4 is 5.46 Å². The zero-order chi connectivity index (χ0) is 18.4. The average Bonchev–Trinajstić information content (AvgIpc) is 2.75. The van der Waals surface area contributed by atoms with Crippen LogP contribution in [0.3, 0.4) is 0 Å². The Kier molecular flexibility index (Phi) is 4.52. The van der Waals surface area contributed by atoms with E-state index in [4.69, 9.17) is 9.31 Å². The molecule has 1 aliphatic heterocycles. The number of rotatable bonds is 3. The van der Waals surface area contributed by atoms with Crippen molar-refractivity contribution in [2.24, 2.45) is 0 Å². The molecule has 0 saturated carbocycles. The normalized spacial score (nSPS) is 19.9. The maximum atomic E-state index is 14.8. The maximum absolute atomic E-state index is 14.8. The molecule has 1 heterocycles. The largest absolute Gasteiger partial charge is 0.497 e. The quantitative estimate of drug-likeness (QED) is 0.862. The molecule has 0 aliphatic carbocycles. The highest BCUT2D eigenvalue weighted by molar-refractivity contribution is 6.62. The Hall–Kier alpha value is -1.69. The van der Waals surface area contributed by atoms with Gasteiger partial charge in [-0.15, -0.1) is 0 Å². The lowest BCUT2D eigenvalue weighted by molar-refractivity contribution is 0.00578. The van der Waals surface area contributed by atoms with Gasteiger partial charge in [0.2, 0.25) is 0 Å². The summed E-state index contributed by atoms with van der Waals surface area (Å²) in [5, 5.41) is 9.94. The molecule has 5 heteroatoms. The molecule has 2 aromatic carbocycles. The van der Waals surface area contributed by atoms with E-state index in [0.29, 0.717) is 11.0 Å². The highest BCUT2D eigenvalue weighted by Gasteiger charge is 2.52. The third-order valence-electron chi connectivity index (χ3n) is 5.23. The van der Waals surface area contributed by atoms with E-state index >= 15 is 0 Å². The van der Waals surface area contributed by atoms with Crippen molar-refractivity contribution in [2.75, 3.05) is 0 Å². The van der Waals surface area contributed by atoms with Crippen LogP contribution in [0.5, 0.6) is 0 Å². The number of benzene rings is 2. The molecule has 1 unspecified atom stereocenters. The topological polar surface area (TPSA) is 38.7 Å². The van der Waals surface area contributed by atoms with Crippen LogP contribution in [0.4, 0.5) is 4.39 Å². The van der Waals surface area contributed by atoms with Gasteiger partial charge in [0.1, 0.15) is 5.82 Å². The standard InChI is InChI=1S/C20H24BFO3/c1-13(23)15-8-6-7-9-16(15)14-10-11-17(18(22)12-14)21-24-19(2,3)20(4,5)25-21/h6-13,23H,1-5H3. The van der Waals surface area contributed by atoms with Crippen LogP contribution in [0.15, 0.2) is 42.5 Å². The van der Waals surface area contributed by atoms with Crippen molar-refractivity contribution in [1.29, 1.82) is 0 Å². The first kappa shape index (κ1) is 18.1. The van der Waals surface area contributed by atoms with E-state index in [1.165, 1.54) is 6.07 Å². The van der Waals surface area contributed by atoms with Gasteiger partial charge in [-0.25, -0.2) is 4.39 Å². The molecule has 3 nitrogen and oxygen atoms in total. The summed E-state index contributed by atoms with van der Waals surface area (Å²) in [6, 6.07) is 12.5. The number of aliphatic hydroxyl groups is 1. The van der Waals surface area contributed by atoms with E-state index in [0.717, 1.165) is 11.1 Å². The molecule has 1 saturated heterocycles. The highest BCUT2D eigenvalue weighted by atomic mass is 19.1. The molecule has 1 aliphatic rings. The molecule has 0 aromatic heterocycles. The Morgan fingerprint density at radius 1 is 1.00 bits per heavy atom. The fourth-order valence-corrected chi connectivity index (χ4v) is 2.98. The van der Waals surface area contributed by atoms with Crippen LogP contribution in [-0.4, -0.2) is 23.4 Å². The summed E-state index contributed by atoms with van der Waals surface area (Å²) in [7, 11) is -0.731. The SMILES string of the molecule is CC(O)c1ccccc1-c1ccc(B2OC(C)(C)C(C)(C)O2)c(F)c1. The molecule has 0 radical (unpaired) electrons. The van der Waals surface area contributed by atoms with Gasteiger partial charge in [0.25, 0.3) is 0 Å². The summed E-state index contributed by atoms with van der Waals surface area (Å²) in [5.41, 5.74) is 1.66. The van der Waals surface area contributed by atoms with Crippen molar-refractivity contribution in [3.05, 3.63) is 53.8 Å². The monoisotopic (exact) mass is 342 g/mol. The minimum absolute atomic E-state index is 0.378. The number of aliphatic hydroxyl groups excluding tert-OH is 1. The molecule has 1 N–H and O–H groups in total. The first-order chi connectivity index (χ1) is 11.6. The molecule has 0 spiro atoms. The van der Waals surface area contributed by atoms with Crippen molar-refractivity contribution in [3.63, 3.8) is 0 Å². The molecule has 0 amide bonds. The van der Waals surface area contributed by atoms with Crippen LogP contribution in [0.2, 0.25) is 0 Å². The Bertz CT molecular complexity index is 770. The predicted octanol–water partition coefficient (Wildman–Crippen LogP) is 3.85. The Morgan fingerprint density at radius 2 is 1.60 bits per heavy atom. The fourth-order valence-electron chi connectivity index (χ4n) is 2.98. The molecular weight excluding hydrogens is 318 g/mol. The number of hydrogen-bond acceptors (Lipinski definition) is 3. The van der Waals surface area contributed by atoms with Gasteiger partial charge >= 0.3 is 7.12 Å². The van der Waals surface area contributed by atoms with E-state index in [-0.39, 0.29) is 5.82 Å². The van der Waals surface area contributed by atoms with Gasteiger partial charge in [0.05, 0.1) is 17.3 Å². The highest BCUT2D eigenvalue weighted by Crippen LogP contribution is 2.37. The zero-order valence-electron chi connectivity index (χ0n) is 15.3. The molecule has 0 bridgehead atoms. The van der Waals surface area contributed by atoms with Crippen molar-refractivity contribution < 1.29 is 18.8 Å². The van der Waals surface area contributed by atoms with E-state index < -0.39 is 24.4 Å². The first-order valence-corrected chi connectivity index (χ1v) is 8.55. The third-order valence-corrected chi connectivity index (χ3v) is 5.23. The maximum Gasteiger partial charge on any atom is 0.497 e. The molecule has 3 rings (SSSR count). The summed E-state index contributed by atoms with van der Waals surface area (Å²) < 4.78 is 26.7. The van der Waals surface area contributed by atoms with E-state index in [9.17, 15) is 9.50 Å². The van der Waals surface area contributed by atoms with Gasteiger partial charge in [-0.05, 0) is 57.4 Å². The summed E-state index contributed by atoms with van der Waals surface area (Å²) in [4.78, 5) is 0. The molecule has 2 aromatic rings. The number of halogens is 1. The Balaban J connectivity index is 1.96. The summed E-state index contributed by atoms with van der Waals surface area (Å²) >= 11 is 0. The molecule has 25 heavy (non-hydrogen) atoms.